The summed E-state index contributed by atoms with van der Waals surface area (Å²) >= 11 is 0. The summed E-state index contributed by atoms with van der Waals surface area (Å²) in [5.41, 5.74) is 2.66. The Labute approximate surface area is 164 Å². The molecule has 3 aromatic rings. The minimum Gasteiger partial charge on any atom is -0.346 e. The lowest BCUT2D eigenvalue weighted by Crippen LogP contribution is -2.44. The normalized spacial score (nSPS) is 18.2. The van der Waals surface area contributed by atoms with E-state index in [2.05, 4.69) is 30.4 Å². The molecule has 2 atom stereocenters. The average Bonchev–Trinajstić information content (AvgIpc) is 3.11. The van der Waals surface area contributed by atoms with Gasteiger partial charge >= 0.3 is 0 Å². The molecule has 0 unspecified atom stereocenters. The fourth-order valence-electron chi connectivity index (χ4n) is 3.77. The number of pyridine rings is 1. The van der Waals surface area contributed by atoms with E-state index < -0.39 is 0 Å². The lowest BCUT2D eigenvalue weighted by atomic mass is 9.97. The first kappa shape index (κ1) is 18.3. The second-order valence-electron chi connectivity index (χ2n) is 7.45. The van der Waals surface area contributed by atoms with E-state index in [1.165, 1.54) is 0 Å². The van der Waals surface area contributed by atoms with Crippen LogP contribution in [0.4, 0.5) is 5.95 Å². The van der Waals surface area contributed by atoms with E-state index >= 15 is 0 Å². The highest BCUT2D eigenvalue weighted by atomic mass is 16.2. The lowest BCUT2D eigenvalue weighted by molar-refractivity contribution is -0.126. The molecule has 0 aliphatic carbocycles. The Bertz CT molecular complexity index is 979. The molecule has 0 aromatic carbocycles. The van der Waals surface area contributed by atoms with Crippen LogP contribution in [0.1, 0.15) is 43.0 Å². The van der Waals surface area contributed by atoms with Crippen LogP contribution < -0.4 is 10.2 Å². The number of fused-ring (bicyclic) bond motifs is 1. The molecule has 28 heavy (non-hydrogen) atoms. The highest BCUT2D eigenvalue weighted by Crippen LogP contribution is 2.22. The number of anilines is 1. The number of carbonyl (C=O) groups excluding carboxylic acids is 1. The van der Waals surface area contributed by atoms with Gasteiger partial charge in [0.2, 0.25) is 11.9 Å². The molecular weight excluding hydrogens is 354 g/mol. The molecule has 1 aliphatic rings. The van der Waals surface area contributed by atoms with Crippen LogP contribution in [0.2, 0.25) is 0 Å². The van der Waals surface area contributed by atoms with Gasteiger partial charge < -0.3 is 10.2 Å². The summed E-state index contributed by atoms with van der Waals surface area (Å²) in [6.45, 7) is 7.38. The molecule has 0 saturated carbocycles. The fraction of sp³-hybridized carbons (Fsp3) is 0.450. The molecule has 1 fully saturated rings. The van der Waals surface area contributed by atoms with Gasteiger partial charge in [0.1, 0.15) is 0 Å². The van der Waals surface area contributed by atoms with Crippen molar-refractivity contribution in [2.45, 2.75) is 39.7 Å². The van der Waals surface area contributed by atoms with Crippen molar-refractivity contribution in [3.05, 3.63) is 47.7 Å². The summed E-state index contributed by atoms with van der Waals surface area (Å²) in [5, 5.41) is 11.5. The minimum atomic E-state index is -0.224. The number of amides is 1. The molecule has 0 radical (unpaired) electrons. The molecule has 0 spiro atoms. The van der Waals surface area contributed by atoms with Crippen LogP contribution in [0, 0.1) is 19.8 Å². The highest BCUT2D eigenvalue weighted by Gasteiger charge is 2.29. The van der Waals surface area contributed by atoms with Gasteiger partial charge in [0, 0.05) is 30.7 Å². The number of rotatable bonds is 4. The number of nitrogens with zero attached hydrogens (tertiary/aromatic N) is 6. The zero-order chi connectivity index (χ0) is 19.7. The van der Waals surface area contributed by atoms with Crippen molar-refractivity contribution in [1.82, 2.24) is 29.9 Å². The molecular formula is C20H25N7O. The molecule has 3 aromatic heterocycles. The quantitative estimate of drug-likeness (QED) is 0.748. The van der Waals surface area contributed by atoms with Crippen LogP contribution in [0.15, 0.2) is 30.5 Å². The number of carbonyl (C=O) groups is 1. The largest absolute Gasteiger partial charge is 0.346 e. The first-order valence-corrected chi connectivity index (χ1v) is 9.68. The van der Waals surface area contributed by atoms with E-state index in [1.54, 1.807) is 0 Å². The summed E-state index contributed by atoms with van der Waals surface area (Å²) in [4.78, 5) is 24.1. The third-order valence-corrected chi connectivity index (χ3v) is 5.13. The molecule has 1 aliphatic heterocycles. The third-order valence-electron chi connectivity index (χ3n) is 5.13. The summed E-state index contributed by atoms with van der Waals surface area (Å²) in [5.74, 6) is 1.38. The summed E-state index contributed by atoms with van der Waals surface area (Å²) in [6.07, 6.45) is 3.71. The van der Waals surface area contributed by atoms with Crippen LogP contribution in [0.25, 0.3) is 5.65 Å². The Morgan fingerprint density at radius 3 is 2.79 bits per heavy atom. The molecule has 1 saturated heterocycles. The number of piperidine rings is 1. The standard InChI is InChI=1S/C20H25N7O/c1-13-11-14(2)22-20(21-13)26-9-6-7-16(12-26)19(28)23-15(3)18-25-24-17-8-4-5-10-27(17)18/h4-5,8,10-11,15-16H,6-7,9,12H2,1-3H3,(H,23,28)/t15-,16-/m0/s1. The molecule has 4 heterocycles. The Morgan fingerprint density at radius 2 is 2.00 bits per heavy atom. The van der Waals surface area contributed by atoms with Crippen molar-refractivity contribution >= 4 is 17.5 Å². The topological polar surface area (TPSA) is 88.3 Å². The molecule has 0 bridgehead atoms. The highest BCUT2D eigenvalue weighted by molar-refractivity contribution is 5.79. The van der Waals surface area contributed by atoms with Gasteiger partial charge in [-0.1, -0.05) is 6.07 Å². The Hall–Kier alpha value is -3.03. The maximum atomic E-state index is 12.9. The van der Waals surface area contributed by atoms with Gasteiger partial charge in [-0.25, -0.2) is 9.97 Å². The van der Waals surface area contributed by atoms with Crippen LogP contribution in [-0.4, -0.2) is 43.6 Å². The third kappa shape index (κ3) is 3.67. The van der Waals surface area contributed by atoms with E-state index in [4.69, 9.17) is 0 Å². The van der Waals surface area contributed by atoms with Gasteiger partial charge in [-0.2, -0.15) is 0 Å². The second kappa shape index (κ2) is 7.53. The lowest BCUT2D eigenvalue weighted by Gasteiger charge is -2.32. The fourth-order valence-corrected chi connectivity index (χ4v) is 3.77. The van der Waals surface area contributed by atoms with Crippen molar-refractivity contribution in [3.63, 3.8) is 0 Å². The van der Waals surface area contributed by atoms with Gasteiger partial charge in [-0.05, 0) is 51.8 Å². The van der Waals surface area contributed by atoms with Gasteiger partial charge in [-0.15, -0.1) is 10.2 Å². The van der Waals surface area contributed by atoms with Crippen molar-refractivity contribution in [3.8, 4) is 0 Å². The summed E-state index contributed by atoms with van der Waals surface area (Å²) in [6, 6.07) is 7.48. The van der Waals surface area contributed by atoms with Crippen LogP contribution in [-0.2, 0) is 4.79 Å². The van der Waals surface area contributed by atoms with E-state index in [-0.39, 0.29) is 17.9 Å². The minimum absolute atomic E-state index is 0.0363. The molecule has 1 amide bonds. The zero-order valence-electron chi connectivity index (χ0n) is 16.5. The zero-order valence-corrected chi connectivity index (χ0v) is 16.5. The number of hydrogen-bond donors (Lipinski definition) is 1. The van der Waals surface area contributed by atoms with E-state index in [0.717, 1.165) is 42.2 Å². The average molecular weight is 379 g/mol. The maximum Gasteiger partial charge on any atom is 0.225 e. The van der Waals surface area contributed by atoms with Crippen molar-refractivity contribution in [2.24, 2.45) is 5.92 Å². The number of nitrogens with one attached hydrogen (secondary N) is 1. The van der Waals surface area contributed by atoms with E-state index in [0.29, 0.717) is 12.5 Å². The smallest absolute Gasteiger partial charge is 0.225 e. The molecule has 146 valence electrons. The molecule has 8 heteroatoms. The number of aromatic nitrogens is 5. The Morgan fingerprint density at radius 1 is 1.21 bits per heavy atom. The molecule has 1 N–H and O–H groups in total. The summed E-state index contributed by atoms with van der Waals surface area (Å²) in [7, 11) is 0. The van der Waals surface area contributed by atoms with E-state index in [9.17, 15) is 4.79 Å². The summed E-state index contributed by atoms with van der Waals surface area (Å²) < 4.78 is 1.90. The van der Waals surface area contributed by atoms with Gasteiger partial charge in [0.15, 0.2) is 11.5 Å². The Balaban J connectivity index is 1.45. The molecule has 8 nitrogen and oxygen atoms in total. The van der Waals surface area contributed by atoms with Gasteiger partial charge in [0.25, 0.3) is 0 Å². The van der Waals surface area contributed by atoms with E-state index in [1.807, 2.05) is 55.6 Å². The monoisotopic (exact) mass is 379 g/mol. The number of aryl methyl sites for hydroxylation is 2. The maximum absolute atomic E-state index is 12.9. The predicted octanol–water partition coefficient (Wildman–Crippen LogP) is 2.23. The van der Waals surface area contributed by atoms with Gasteiger partial charge in [-0.3, -0.25) is 9.20 Å². The van der Waals surface area contributed by atoms with Crippen LogP contribution in [0.5, 0.6) is 0 Å². The van der Waals surface area contributed by atoms with Crippen molar-refractivity contribution in [1.29, 1.82) is 0 Å². The Kier molecular flexibility index (Phi) is 4.93. The number of hydrogen-bond acceptors (Lipinski definition) is 6. The first-order valence-electron chi connectivity index (χ1n) is 9.68. The van der Waals surface area contributed by atoms with Gasteiger partial charge in [0.05, 0.1) is 12.0 Å². The predicted molar refractivity (Wildman–Crippen MR) is 106 cm³/mol. The van der Waals surface area contributed by atoms with Crippen molar-refractivity contribution < 1.29 is 4.79 Å². The second-order valence-corrected chi connectivity index (χ2v) is 7.45. The molecule has 4 rings (SSSR count). The van der Waals surface area contributed by atoms with Crippen molar-refractivity contribution in [2.75, 3.05) is 18.0 Å². The SMILES string of the molecule is Cc1cc(C)nc(N2CCC[C@H](C(=O)N[C@@H](C)c3nnc4ccccn34)C2)n1. The first-order chi connectivity index (χ1) is 13.5. The van der Waals surface area contributed by atoms with Crippen LogP contribution in [0.3, 0.4) is 0 Å². The van der Waals surface area contributed by atoms with Crippen LogP contribution >= 0.6 is 0 Å².